The molecule has 1 heterocycles. The van der Waals surface area contributed by atoms with Gasteiger partial charge in [0.1, 0.15) is 23.7 Å². The molecule has 1 aliphatic rings. The molecule has 7 nitrogen and oxygen atoms in total. The summed E-state index contributed by atoms with van der Waals surface area (Å²) in [6.45, 7) is 3.93. The van der Waals surface area contributed by atoms with E-state index in [-0.39, 0.29) is 17.0 Å². The van der Waals surface area contributed by atoms with Gasteiger partial charge in [0.15, 0.2) is 0 Å². The Bertz CT molecular complexity index is 930. The van der Waals surface area contributed by atoms with Crippen molar-refractivity contribution < 1.29 is 24.2 Å². The predicted molar refractivity (Wildman–Crippen MR) is 99.2 cm³/mol. The van der Waals surface area contributed by atoms with E-state index in [1.54, 1.807) is 30.3 Å². The summed E-state index contributed by atoms with van der Waals surface area (Å²) in [5.74, 6) is -0.903. The van der Waals surface area contributed by atoms with Gasteiger partial charge in [0.05, 0.1) is 5.69 Å². The molecule has 136 valence electrons. The van der Waals surface area contributed by atoms with Gasteiger partial charge in [0, 0.05) is 0 Å². The minimum absolute atomic E-state index is 0.00535. The van der Waals surface area contributed by atoms with Gasteiger partial charge in [0.2, 0.25) is 0 Å². The Balaban J connectivity index is 1.89. The molecule has 0 unspecified atom stereocenters. The van der Waals surface area contributed by atoms with Crippen LogP contribution in [0.3, 0.4) is 0 Å². The highest BCUT2D eigenvalue weighted by Crippen LogP contribution is 2.24. The van der Waals surface area contributed by atoms with Crippen molar-refractivity contribution in [3.05, 3.63) is 72.3 Å². The molecule has 0 aromatic heterocycles. The van der Waals surface area contributed by atoms with Gasteiger partial charge in [-0.05, 0) is 48.0 Å². The summed E-state index contributed by atoms with van der Waals surface area (Å²) < 4.78 is 5.38. The molecule has 0 radical (unpaired) electrons. The molecule has 4 amide bonds. The van der Waals surface area contributed by atoms with E-state index in [2.05, 4.69) is 11.9 Å². The lowest BCUT2D eigenvalue weighted by Gasteiger charge is -2.26. The largest absolute Gasteiger partial charge is 0.508 e. The quantitative estimate of drug-likeness (QED) is 0.483. The minimum atomic E-state index is -0.846. The first kappa shape index (κ1) is 17.9. The zero-order chi connectivity index (χ0) is 19.4. The van der Waals surface area contributed by atoms with Crippen LogP contribution in [0.25, 0.3) is 6.08 Å². The average molecular weight is 364 g/mol. The van der Waals surface area contributed by atoms with Crippen molar-refractivity contribution in [3.8, 4) is 11.5 Å². The highest BCUT2D eigenvalue weighted by atomic mass is 16.5. The van der Waals surface area contributed by atoms with E-state index in [9.17, 15) is 19.5 Å². The Labute approximate surface area is 155 Å². The van der Waals surface area contributed by atoms with Crippen molar-refractivity contribution in [3.63, 3.8) is 0 Å². The van der Waals surface area contributed by atoms with Crippen molar-refractivity contribution in [2.24, 2.45) is 0 Å². The first-order chi connectivity index (χ1) is 13.0. The molecular formula is C20H16N2O5. The second-order valence-electron chi connectivity index (χ2n) is 5.64. The number of phenols is 1. The van der Waals surface area contributed by atoms with Crippen molar-refractivity contribution in [1.82, 2.24) is 5.32 Å². The molecular weight excluding hydrogens is 348 g/mol. The van der Waals surface area contributed by atoms with Crippen molar-refractivity contribution in [2.75, 3.05) is 11.5 Å². The number of carbonyl (C=O) groups is 3. The number of anilines is 1. The van der Waals surface area contributed by atoms with E-state index in [0.29, 0.717) is 17.9 Å². The number of rotatable bonds is 5. The topological polar surface area (TPSA) is 95.9 Å². The molecule has 0 spiro atoms. The van der Waals surface area contributed by atoms with Crippen LogP contribution in [0.1, 0.15) is 5.56 Å². The molecule has 1 aliphatic heterocycles. The second kappa shape index (κ2) is 7.57. The van der Waals surface area contributed by atoms with Gasteiger partial charge < -0.3 is 9.84 Å². The number of amides is 4. The highest BCUT2D eigenvalue weighted by Gasteiger charge is 2.36. The van der Waals surface area contributed by atoms with Gasteiger partial charge in [-0.3, -0.25) is 14.9 Å². The average Bonchev–Trinajstić information content (AvgIpc) is 2.66. The molecule has 27 heavy (non-hydrogen) atoms. The number of nitrogens with one attached hydrogen (secondary N) is 1. The third-order valence-electron chi connectivity index (χ3n) is 3.77. The molecule has 7 heteroatoms. The molecule has 2 aromatic carbocycles. The summed E-state index contributed by atoms with van der Waals surface area (Å²) >= 11 is 0. The molecule has 0 atom stereocenters. The number of phenolic OH excluding ortho intramolecular Hbond substituents is 1. The molecule has 0 aliphatic carbocycles. The number of hydrogen-bond acceptors (Lipinski definition) is 5. The smallest absolute Gasteiger partial charge is 0.335 e. The normalized spacial score (nSPS) is 15.6. The fraction of sp³-hybridized carbons (Fsp3) is 0.0500. The first-order valence-corrected chi connectivity index (χ1v) is 8.04. The zero-order valence-corrected chi connectivity index (χ0v) is 14.2. The lowest BCUT2D eigenvalue weighted by molar-refractivity contribution is -0.122. The number of aromatic hydroxyl groups is 1. The Kier molecular flexibility index (Phi) is 5.03. The van der Waals surface area contributed by atoms with Crippen LogP contribution in [0.5, 0.6) is 11.5 Å². The maximum absolute atomic E-state index is 12.7. The minimum Gasteiger partial charge on any atom is -0.508 e. The number of imide groups is 2. The fourth-order valence-electron chi connectivity index (χ4n) is 2.48. The van der Waals surface area contributed by atoms with E-state index >= 15 is 0 Å². The van der Waals surface area contributed by atoms with E-state index < -0.39 is 17.8 Å². The molecule has 1 saturated heterocycles. The van der Waals surface area contributed by atoms with Gasteiger partial charge in [0.25, 0.3) is 11.8 Å². The summed E-state index contributed by atoms with van der Waals surface area (Å²) in [7, 11) is 0. The second-order valence-corrected chi connectivity index (χ2v) is 5.64. The molecule has 0 saturated carbocycles. The number of hydrogen-bond donors (Lipinski definition) is 2. The van der Waals surface area contributed by atoms with Crippen LogP contribution in [0, 0.1) is 0 Å². The first-order valence-electron chi connectivity index (χ1n) is 8.04. The van der Waals surface area contributed by atoms with Crippen LogP contribution in [-0.4, -0.2) is 29.6 Å². The number of carbonyl (C=O) groups excluding carboxylic acids is 3. The summed E-state index contributed by atoms with van der Waals surface area (Å²) in [5.41, 5.74) is 0.656. The van der Waals surface area contributed by atoms with Crippen LogP contribution in [-0.2, 0) is 9.59 Å². The third-order valence-corrected chi connectivity index (χ3v) is 3.77. The Morgan fingerprint density at radius 2 is 1.70 bits per heavy atom. The summed E-state index contributed by atoms with van der Waals surface area (Å²) in [4.78, 5) is 37.8. The van der Waals surface area contributed by atoms with Gasteiger partial charge in [-0.15, -0.1) is 0 Å². The van der Waals surface area contributed by atoms with Crippen LogP contribution in [0.15, 0.2) is 66.8 Å². The Morgan fingerprint density at radius 1 is 1.04 bits per heavy atom. The number of ether oxygens (including phenoxy) is 1. The highest BCUT2D eigenvalue weighted by molar-refractivity contribution is 6.39. The number of barbiturate groups is 1. The monoisotopic (exact) mass is 364 g/mol. The van der Waals surface area contributed by atoms with Crippen LogP contribution in [0.2, 0.25) is 0 Å². The molecule has 1 fully saturated rings. The van der Waals surface area contributed by atoms with Crippen molar-refractivity contribution >= 4 is 29.6 Å². The maximum Gasteiger partial charge on any atom is 0.335 e. The molecule has 3 rings (SSSR count). The summed E-state index contributed by atoms with van der Waals surface area (Å²) in [6, 6.07) is 11.4. The zero-order valence-electron chi connectivity index (χ0n) is 14.2. The van der Waals surface area contributed by atoms with Crippen LogP contribution >= 0.6 is 0 Å². The van der Waals surface area contributed by atoms with Gasteiger partial charge in [-0.2, -0.15) is 0 Å². The number of nitrogens with zero attached hydrogens (tertiary/aromatic N) is 1. The number of urea groups is 1. The van der Waals surface area contributed by atoms with Gasteiger partial charge >= 0.3 is 6.03 Å². The predicted octanol–water partition coefficient (Wildman–Crippen LogP) is 2.62. The van der Waals surface area contributed by atoms with E-state index in [0.717, 1.165) is 4.90 Å². The number of benzene rings is 2. The molecule has 2 N–H and O–H groups in total. The standard InChI is InChI=1S/C20H16N2O5/c1-2-11-27-16-9-3-13(4-10-16)12-17-18(24)21-20(26)22(19(17)25)14-5-7-15(23)8-6-14/h2-10,12,23H,1,11H2,(H,21,24,26)/b17-12-. The lowest BCUT2D eigenvalue weighted by atomic mass is 10.1. The molecule has 2 aromatic rings. The third kappa shape index (κ3) is 3.87. The van der Waals surface area contributed by atoms with Crippen molar-refractivity contribution in [1.29, 1.82) is 0 Å². The maximum atomic E-state index is 12.7. The Hall–Kier alpha value is -3.87. The summed E-state index contributed by atoms with van der Waals surface area (Å²) in [6.07, 6.45) is 3.02. The SMILES string of the molecule is C=CCOc1ccc(/C=C2/C(=O)NC(=O)N(c3ccc(O)cc3)C2=O)cc1. The molecule has 0 bridgehead atoms. The van der Waals surface area contributed by atoms with Crippen LogP contribution < -0.4 is 15.0 Å². The fourth-order valence-corrected chi connectivity index (χ4v) is 2.48. The van der Waals surface area contributed by atoms with E-state index in [1.165, 1.54) is 30.3 Å². The van der Waals surface area contributed by atoms with Gasteiger partial charge in [-0.1, -0.05) is 24.8 Å². The summed E-state index contributed by atoms with van der Waals surface area (Å²) in [5, 5.41) is 11.5. The lowest BCUT2D eigenvalue weighted by Crippen LogP contribution is -2.54. The van der Waals surface area contributed by atoms with Crippen LogP contribution in [0.4, 0.5) is 10.5 Å². The van der Waals surface area contributed by atoms with E-state index in [1.807, 2.05) is 0 Å². The van der Waals surface area contributed by atoms with Gasteiger partial charge in [-0.25, -0.2) is 9.69 Å². The Morgan fingerprint density at radius 3 is 2.33 bits per heavy atom. The van der Waals surface area contributed by atoms with Crippen molar-refractivity contribution in [2.45, 2.75) is 0 Å². The van der Waals surface area contributed by atoms with E-state index in [4.69, 9.17) is 4.74 Å².